The number of rotatable bonds is 3. The van der Waals surface area contributed by atoms with Crippen molar-refractivity contribution in [2.45, 2.75) is 12.8 Å². The monoisotopic (exact) mass is 303 g/mol. The molecule has 0 aromatic carbocycles. The van der Waals surface area contributed by atoms with Gasteiger partial charge < -0.3 is 4.90 Å². The van der Waals surface area contributed by atoms with Crippen molar-refractivity contribution in [2.75, 3.05) is 13.1 Å². The number of nitrogens with zero attached hydrogens (tertiary/aromatic N) is 3. The zero-order valence-electron chi connectivity index (χ0n) is 11.9. The fourth-order valence-corrected chi connectivity index (χ4v) is 2.72. The molecule has 6 heteroatoms. The van der Waals surface area contributed by atoms with E-state index in [0.717, 1.165) is 24.7 Å². The molecule has 1 aliphatic heterocycles. The van der Waals surface area contributed by atoms with Gasteiger partial charge in [-0.3, -0.25) is 9.78 Å². The molecule has 1 unspecified atom stereocenters. The Hall–Kier alpha value is -2.37. The van der Waals surface area contributed by atoms with Crippen LogP contribution >= 0.6 is 0 Å². The van der Waals surface area contributed by atoms with Crippen molar-refractivity contribution in [2.24, 2.45) is 5.92 Å². The minimum absolute atomic E-state index is 0.294. The predicted octanol–water partition coefficient (Wildman–Crippen LogP) is 2.46. The van der Waals surface area contributed by atoms with Crippen LogP contribution in [0.15, 0.2) is 36.7 Å². The van der Waals surface area contributed by atoms with Gasteiger partial charge in [-0.1, -0.05) is 6.07 Å². The Labute approximate surface area is 126 Å². The first kappa shape index (κ1) is 14.6. The highest BCUT2D eigenvalue weighted by Crippen LogP contribution is 2.22. The molecular formula is C16H15F2N3O. The van der Waals surface area contributed by atoms with E-state index in [4.69, 9.17) is 0 Å². The van der Waals surface area contributed by atoms with E-state index in [2.05, 4.69) is 9.97 Å². The molecule has 0 spiro atoms. The molecule has 0 bridgehead atoms. The smallest absolute Gasteiger partial charge is 0.275 e. The molecule has 22 heavy (non-hydrogen) atoms. The van der Waals surface area contributed by atoms with Crippen LogP contribution in [0.4, 0.5) is 8.78 Å². The highest BCUT2D eigenvalue weighted by Gasteiger charge is 2.29. The average molecular weight is 303 g/mol. The Bertz CT molecular complexity index is 678. The summed E-state index contributed by atoms with van der Waals surface area (Å²) >= 11 is 0. The minimum Gasteiger partial charge on any atom is -0.337 e. The molecule has 0 saturated carbocycles. The van der Waals surface area contributed by atoms with E-state index in [9.17, 15) is 13.6 Å². The maximum Gasteiger partial charge on any atom is 0.275 e. The number of hydrogen-bond donors (Lipinski definition) is 0. The van der Waals surface area contributed by atoms with Gasteiger partial charge in [-0.15, -0.1) is 0 Å². The lowest BCUT2D eigenvalue weighted by molar-refractivity contribution is 0.0776. The van der Waals surface area contributed by atoms with Crippen molar-refractivity contribution in [1.29, 1.82) is 0 Å². The number of aromatic nitrogens is 2. The third-order valence-corrected chi connectivity index (χ3v) is 3.81. The number of halogens is 2. The number of pyridine rings is 2. The van der Waals surface area contributed by atoms with Crippen molar-refractivity contribution in [3.05, 3.63) is 59.7 Å². The number of amides is 1. The van der Waals surface area contributed by atoms with Gasteiger partial charge in [0.25, 0.3) is 5.91 Å². The number of carbonyl (C=O) groups is 1. The second-order valence-electron chi connectivity index (χ2n) is 5.42. The SMILES string of the molecule is O=C(c1ncc(F)cc1F)N1CCC(Cc2ccccn2)C1. The maximum atomic E-state index is 13.6. The van der Waals surface area contributed by atoms with Gasteiger partial charge in [0, 0.05) is 31.0 Å². The summed E-state index contributed by atoms with van der Waals surface area (Å²) in [6.45, 7) is 1.09. The first-order chi connectivity index (χ1) is 10.6. The second kappa shape index (κ2) is 6.17. The molecule has 1 saturated heterocycles. The zero-order valence-corrected chi connectivity index (χ0v) is 11.9. The average Bonchev–Trinajstić information content (AvgIpc) is 2.96. The van der Waals surface area contributed by atoms with Gasteiger partial charge >= 0.3 is 0 Å². The van der Waals surface area contributed by atoms with Crippen molar-refractivity contribution in [3.8, 4) is 0 Å². The van der Waals surface area contributed by atoms with Gasteiger partial charge in [-0.25, -0.2) is 13.8 Å². The van der Waals surface area contributed by atoms with Crippen LogP contribution in [0.3, 0.4) is 0 Å². The third-order valence-electron chi connectivity index (χ3n) is 3.81. The lowest BCUT2D eigenvalue weighted by Crippen LogP contribution is -2.30. The predicted molar refractivity (Wildman–Crippen MR) is 76.1 cm³/mol. The van der Waals surface area contributed by atoms with Gasteiger partial charge in [-0.05, 0) is 30.9 Å². The van der Waals surface area contributed by atoms with Crippen molar-refractivity contribution < 1.29 is 13.6 Å². The Balaban J connectivity index is 1.66. The molecule has 3 rings (SSSR count). The summed E-state index contributed by atoms with van der Waals surface area (Å²) in [6, 6.07) is 6.42. The number of likely N-dealkylation sites (tertiary alicyclic amines) is 1. The van der Waals surface area contributed by atoms with Crippen LogP contribution < -0.4 is 0 Å². The van der Waals surface area contributed by atoms with E-state index in [-0.39, 0.29) is 5.69 Å². The molecule has 1 amide bonds. The van der Waals surface area contributed by atoms with Crippen LogP contribution in [0.25, 0.3) is 0 Å². The Morgan fingerprint density at radius 3 is 2.91 bits per heavy atom. The molecular weight excluding hydrogens is 288 g/mol. The lowest BCUT2D eigenvalue weighted by Gasteiger charge is -2.16. The van der Waals surface area contributed by atoms with Crippen molar-refractivity contribution in [1.82, 2.24) is 14.9 Å². The molecule has 0 radical (unpaired) electrons. The Morgan fingerprint density at radius 2 is 2.18 bits per heavy atom. The van der Waals surface area contributed by atoms with E-state index in [0.29, 0.717) is 25.1 Å². The van der Waals surface area contributed by atoms with Crippen LogP contribution in [0, 0.1) is 17.6 Å². The Kier molecular flexibility index (Phi) is 4.09. The molecule has 1 aliphatic rings. The minimum atomic E-state index is -0.918. The van der Waals surface area contributed by atoms with Crippen LogP contribution in [0.5, 0.6) is 0 Å². The molecule has 3 heterocycles. The molecule has 2 aromatic rings. The van der Waals surface area contributed by atoms with E-state index < -0.39 is 17.5 Å². The molecule has 2 aromatic heterocycles. The van der Waals surface area contributed by atoms with E-state index >= 15 is 0 Å². The topological polar surface area (TPSA) is 46.1 Å². The van der Waals surface area contributed by atoms with Gasteiger partial charge in [0.1, 0.15) is 5.82 Å². The molecule has 4 nitrogen and oxygen atoms in total. The van der Waals surface area contributed by atoms with Crippen LogP contribution in [0.1, 0.15) is 22.6 Å². The second-order valence-corrected chi connectivity index (χ2v) is 5.42. The third kappa shape index (κ3) is 3.10. The summed E-state index contributed by atoms with van der Waals surface area (Å²) in [5.41, 5.74) is 0.660. The molecule has 1 atom stereocenters. The summed E-state index contributed by atoms with van der Waals surface area (Å²) in [7, 11) is 0. The van der Waals surface area contributed by atoms with Crippen molar-refractivity contribution >= 4 is 5.91 Å². The van der Waals surface area contributed by atoms with Crippen molar-refractivity contribution in [3.63, 3.8) is 0 Å². The molecule has 0 aliphatic carbocycles. The number of hydrogen-bond acceptors (Lipinski definition) is 3. The quantitative estimate of drug-likeness (QED) is 0.875. The largest absolute Gasteiger partial charge is 0.337 e. The maximum absolute atomic E-state index is 13.6. The normalized spacial score (nSPS) is 17.7. The van der Waals surface area contributed by atoms with Gasteiger partial charge in [0.05, 0.1) is 6.20 Å². The van der Waals surface area contributed by atoms with E-state index in [1.165, 1.54) is 0 Å². The van der Waals surface area contributed by atoms with Crippen LogP contribution in [0.2, 0.25) is 0 Å². The summed E-state index contributed by atoms with van der Waals surface area (Å²) in [4.78, 5) is 21.7. The number of carbonyl (C=O) groups excluding carboxylic acids is 1. The van der Waals surface area contributed by atoms with E-state index in [1.807, 2.05) is 18.2 Å². The standard InChI is InChI=1S/C16H15F2N3O/c17-12-8-14(18)15(20-9-12)16(22)21-6-4-11(10-21)7-13-3-1-2-5-19-13/h1-3,5,8-9,11H,4,6-7,10H2. The fourth-order valence-electron chi connectivity index (χ4n) is 2.72. The Morgan fingerprint density at radius 1 is 1.32 bits per heavy atom. The molecule has 0 N–H and O–H groups in total. The zero-order chi connectivity index (χ0) is 15.5. The molecule has 1 fully saturated rings. The summed E-state index contributed by atoms with van der Waals surface area (Å²) in [5, 5.41) is 0. The first-order valence-electron chi connectivity index (χ1n) is 7.13. The van der Waals surface area contributed by atoms with E-state index in [1.54, 1.807) is 11.1 Å². The highest BCUT2D eigenvalue weighted by molar-refractivity contribution is 5.92. The summed E-state index contributed by atoms with van der Waals surface area (Å²) in [5.74, 6) is -1.90. The van der Waals surface area contributed by atoms with Crippen LogP contribution in [-0.4, -0.2) is 33.9 Å². The molecule has 114 valence electrons. The van der Waals surface area contributed by atoms with Gasteiger partial charge in [-0.2, -0.15) is 0 Å². The van der Waals surface area contributed by atoms with Gasteiger partial charge in [0.2, 0.25) is 0 Å². The fraction of sp³-hybridized carbons (Fsp3) is 0.312. The van der Waals surface area contributed by atoms with Gasteiger partial charge in [0.15, 0.2) is 11.5 Å². The lowest BCUT2D eigenvalue weighted by atomic mass is 10.0. The van der Waals surface area contributed by atoms with Crippen LogP contribution in [-0.2, 0) is 6.42 Å². The first-order valence-corrected chi connectivity index (χ1v) is 7.13. The summed E-state index contributed by atoms with van der Waals surface area (Å²) in [6.07, 6.45) is 4.22. The highest BCUT2D eigenvalue weighted by atomic mass is 19.1. The summed E-state index contributed by atoms with van der Waals surface area (Å²) < 4.78 is 26.5.